The Labute approximate surface area is 155 Å². The number of hydrogen-bond donors (Lipinski definition) is 1. The summed E-state index contributed by atoms with van der Waals surface area (Å²) in [6, 6.07) is 21.0. The first-order valence-corrected chi connectivity index (χ1v) is 8.29. The van der Waals surface area contributed by atoms with Crippen molar-refractivity contribution in [3.05, 3.63) is 71.4 Å². The molecule has 2 aromatic carbocycles. The van der Waals surface area contributed by atoms with E-state index in [0.29, 0.717) is 22.3 Å². The number of aryl methyl sites for hydroxylation is 1. The van der Waals surface area contributed by atoms with Crippen molar-refractivity contribution in [2.24, 2.45) is 0 Å². The minimum atomic E-state index is 0.154. The van der Waals surface area contributed by atoms with Crippen molar-refractivity contribution in [3.63, 3.8) is 0 Å². The lowest BCUT2D eigenvalue weighted by atomic mass is 9.96. The number of hydrogen-bond acceptors (Lipinski definition) is 5. The number of fused-ring (bicyclic) bond motifs is 1. The van der Waals surface area contributed by atoms with E-state index in [1.807, 2.05) is 49.4 Å². The molecule has 0 unspecified atom stereocenters. The molecule has 2 heterocycles. The average molecular weight is 350 g/mol. The molecule has 4 rings (SSSR count). The first-order chi connectivity index (χ1) is 13.1. The van der Waals surface area contributed by atoms with E-state index in [0.717, 1.165) is 22.3 Å². The van der Waals surface area contributed by atoms with E-state index in [4.69, 9.17) is 11.0 Å². The number of anilines is 1. The van der Waals surface area contributed by atoms with Crippen molar-refractivity contribution in [1.82, 2.24) is 14.8 Å². The van der Waals surface area contributed by atoms with E-state index >= 15 is 0 Å². The molecule has 0 radical (unpaired) electrons. The maximum Gasteiger partial charge on any atom is 0.166 e. The van der Waals surface area contributed by atoms with Crippen LogP contribution in [0.2, 0.25) is 0 Å². The van der Waals surface area contributed by atoms with Crippen LogP contribution in [0, 0.1) is 29.6 Å². The zero-order chi connectivity index (χ0) is 19.0. The molecule has 0 bridgehead atoms. The SMILES string of the molecule is Cc1nn(-c2ccccc2)c2nc(N)c(C#N)c(-c3ccc(C#N)cc3)c12. The fourth-order valence-electron chi connectivity index (χ4n) is 3.20. The fourth-order valence-corrected chi connectivity index (χ4v) is 3.20. The van der Waals surface area contributed by atoms with Crippen LogP contribution in [0.5, 0.6) is 0 Å². The van der Waals surface area contributed by atoms with Crippen LogP contribution in [0.3, 0.4) is 0 Å². The molecule has 0 aliphatic rings. The lowest BCUT2D eigenvalue weighted by Gasteiger charge is -2.10. The summed E-state index contributed by atoms with van der Waals surface area (Å²) in [4.78, 5) is 4.47. The van der Waals surface area contributed by atoms with Gasteiger partial charge < -0.3 is 5.73 Å². The lowest BCUT2D eigenvalue weighted by molar-refractivity contribution is 0.878. The zero-order valence-corrected chi connectivity index (χ0v) is 14.5. The van der Waals surface area contributed by atoms with E-state index in [9.17, 15) is 5.26 Å². The van der Waals surface area contributed by atoms with Gasteiger partial charge in [0.1, 0.15) is 17.5 Å². The first-order valence-electron chi connectivity index (χ1n) is 8.29. The van der Waals surface area contributed by atoms with Gasteiger partial charge in [0.15, 0.2) is 5.65 Å². The molecule has 6 nitrogen and oxygen atoms in total. The van der Waals surface area contributed by atoms with Gasteiger partial charge in [-0.2, -0.15) is 15.6 Å². The Hall–Kier alpha value is -4.16. The van der Waals surface area contributed by atoms with Gasteiger partial charge in [0, 0.05) is 5.56 Å². The summed E-state index contributed by atoms with van der Waals surface area (Å²) in [7, 11) is 0. The van der Waals surface area contributed by atoms with Crippen molar-refractivity contribution in [2.75, 3.05) is 5.73 Å². The van der Waals surface area contributed by atoms with Crippen molar-refractivity contribution in [3.8, 4) is 29.0 Å². The van der Waals surface area contributed by atoms with Crippen LogP contribution in [0.15, 0.2) is 54.6 Å². The minimum Gasteiger partial charge on any atom is -0.383 e. The summed E-state index contributed by atoms with van der Waals surface area (Å²) in [6.07, 6.45) is 0. The fraction of sp³-hybridized carbons (Fsp3) is 0.0476. The van der Waals surface area contributed by atoms with E-state index < -0.39 is 0 Å². The summed E-state index contributed by atoms with van der Waals surface area (Å²) in [5.74, 6) is 0.154. The molecule has 2 aromatic heterocycles. The van der Waals surface area contributed by atoms with Gasteiger partial charge in [-0.1, -0.05) is 30.3 Å². The summed E-state index contributed by atoms with van der Waals surface area (Å²) in [6.45, 7) is 1.88. The molecule has 4 aromatic rings. The second-order valence-electron chi connectivity index (χ2n) is 6.08. The largest absolute Gasteiger partial charge is 0.383 e. The molecular formula is C21H14N6. The molecule has 0 aliphatic heterocycles. The lowest BCUT2D eigenvalue weighted by Crippen LogP contribution is -2.02. The molecule has 0 saturated carbocycles. The van der Waals surface area contributed by atoms with E-state index in [-0.39, 0.29) is 5.82 Å². The molecule has 27 heavy (non-hydrogen) atoms. The van der Waals surface area contributed by atoms with Crippen molar-refractivity contribution < 1.29 is 0 Å². The quantitative estimate of drug-likeness (QED) is 0.593. The predicted octanol–water partition coefficient (Wildman–Crippen LogP) is 3.72. The van der Waals surface area contributed by atoms with Gasteiger partial charge in [-0.15, -0.1) is 0 Å². The third-order valence-electron chi connectivity index (χ3n) is 4.43. The van der Waals surface area contributed by atoms with Crippen molar-refractivity contribution >= 4 is 16.9 Å². The van der Waals surface area contributed by atoms with Crippen LogP contribution in [-0.4, -0.2) is 14.8 Å². The molecule has 0 fully saturated rings. The smallest absolute Gasteiger partial charge is 0.166 e. The van der Waals surface area contributed by atoms with Crippen LogP contribution in [0.4, 0.5) is 5.82 Å². The Morgan fingerprint density at radius 1 is 0.963 bits per heavy atom. The number of nitrogens with two attached hydrogens (primary N) is 1. The Kier molecular flexibility index (Phi) is 3.80. The Morgan fingerprint density at radius 3 is 2.30 bits per heavy atom. The van der Waals surface area contributed by atoms with E-state index in [2.05, 4.69) is 22.2 Å². The molecule has 128 valence electrons. The third-order valence-corrected chi connectivity index (χ3v) is 4.43. The topological polar surface area (TPSA) is 104 Å². The highest BCUT2D eigenvalue weighted by molar-refractivity contribution is 6.00. The highest BCUT2D eigenvalue weighted by Gasteiger charge is 2.21. The van der Waals surface area contributed by atoms with Gasteiger partial charge in [-0.05, 0) is 36.8 Å². The minimum absolute atomic E-state index is 0.154. The van der Waals surface area contributed by atoms with Gasteiger partial charge in [0.2, 0.25) is 0 Å². The van der Waals surface area contributed by atoms with Gasteiger partial charge in [-0.25, -0.2) is 9.67 Å². The molecule has 6 heteroatoms. The molecule has 2 N–H and O–H groups in total. The first kappa shape index (κ1) is 16.3. The number of pyridine rings is 1. The molecule has 0 aliphatic carbocycles. The number of nitrogens with zero attached hydrogens (tertiary/aromatic N) is 5. The van der Waals surface area contributed by atoms with Crippen molar-refractivity contribution in [2.45, 2.75) is 6.92 Å². The third kappa shape index (κ3) is 2.57. The van der Waals surface area contributed by atoms with Crippen LogP contribution < -0.4 is 5.73 Å². The maximum absolute atomic E-state index is 9.69. The normalized spacial score (nSPS) is 10.5. The number of rotatable bonds is 2. The average Bonchev–Trinajstić information content (AvgIpc) is 3.03. The van der Waals surface area contributed by atoms with Crippen LogP contribution in [0.1, 0.15) is 16.8 Å². The van der Waals surface area contributed by atoms with Crippen molar-refractivity contribution in [1.29, 1.82) is 10.5 Å². The van der Waals surface area contributed by atoms with Gasteiger partial charge in [-0.3, -0.25) is 0 Å². The van der Waals surface area contributed by atoms with Gasteiger partial charge in [0.25, 0.3) is 0 Å². The second-order valence-corrected chi connectivity index (χ2v) is 6.08. The van der Waals surface area contributed by atoms with Gasteiger partial charge in [0.05, 0.1) is 28.4 Å². The summed E-state index contributed by atoms with van der Waals surface area (Å²) < 4.78 is 1.73. The van der Waals surface area contributed by atoms with Gasteiger partial charge >= 0.3 is 0 Å². The summed E-state index contributed by atoms with van der Waals surface area (Å²) >= 11 is 0. The standard InChI is InChI=1S/C21H14N6/c1-13-18-19(15-9-7-14(11-22)8-10-15)17(12-23)20(24)25-21(18)27(26-13)16-5-3-2-4-6-16/h2-10H,1H3,(H2,24,25). The molecule has 0 atom stereocenters. The Morgan fingerprint density at radius 2 is 1.67 bits per heavy atom. The highest BCUT2D eigenvalue weighted by Crippen LogP contribution is 2.36. The highest BCUT2D eigenvalue weighted by atomic mass is 15.3. The van der Waals surface area contributed by atoms with Crippen LogP contribution in [0.25, 0.3) is 27.8 Å². The summed E-state index contributed by atoms with van der Waals surface area (Å²) in [5, 5.41) is 24.1. The number of aromatic nitrogens is 3. The Balaban J connectivity index is 2.10. The molecule has 0 saturated heterocycles. The maximum atomic E-state index is 9.69. The monoisotopic (exact) mass is 350 g/mol. The van der Waals surface area contributed by atoms with Crippen LogP contribution >= 0.6 is 0 Å². The van der Waals surface area contributed by atoms with E-state index in [1.54, 1.807) is 16.8 Å². The number of benzene rings is 2. The molecule has 0 spiro atoms. The van der Waals surface area contributed by atoms with Crippen LogP contribution in [-0.2, 0) is 0 Å². The second kappa shape index (κ2) is 6.29. The number of nitrogen functional groups attached to an aromatic ring is 1. The zero-order valence-electron chi connectivity index (χ0n) is 14.5. The Bertz CT molecular complexity index is 1240. The predicted molar refractivity (Wildman–Crippen MR) is 103 cm³/mol. The molecular weight excluding hydrogens is 336 g/mol. The summed E-state index contributed by atoms with van der Waals surface area (Å²) in [5.41, 5.74) is 10.7. The van der Waals surface area contributed by atoms with E-state index in [1.165, 1.54) is 0 Å². The number of nitriles is 2. The number of para-hydroxylation sites is 1. The molecule has 0 amide bonds.